The standard InChI is InChI=1S/C27H38FN5O5/c1-27(2,3)22(32-26(37)38-16-4-5-16)25(36)33-12-18-14-9-17(19(28)10-14)20(18)21(33)24(35)31-15(11-29)8-13-6-7-30-23(13)34/h13-22H,4-10,12H2,1-3H3,(H,30,34)(H,31,35)(H,32,37)/t13-,14-,15-,17+,18+,19+,20-,21-,22+/m0/s1. The van der Waals surface area contributed by atoms with Crippen LogP contribution >= 0.6 is 0 Å². The summed E-state index contributed by atoms with van der Waals surface area (Å²) in [6.45, 7) is 6.34. The molecule has 10 nitrogen and oxygen atoms in total. The summed E-state index contributed by atoms with van der Waals surface area (Å²) < 4.78 is 20.2. The molecule has 2 saturated heterocycles. The van der Waals surface area contributed by atoms with Gasteiger partial charge in [0, 0.05) is 19.0 Å². The number of likely N-dealkylation sites (tertiary alicyclic amines) is 1. The third-order valence-electron chi connectivity index (χ3n) is 9.15. The van der Waals surface area contributed by atoms with Crippen molar-refractivity contribution in [3.63, 3.8) is 0 Å². The van der Waals surface area contributed by atoms with Crippen molar-refractivity contribution in [3.8, 4) is 6.07 Å². The molecule has 208 valence electrons. The van der Waals surface area contributed by atoms with Gasteiger partial charge in [-0.2, -0.15) is 5.26 Å². The molecule has 2 bridgehead atoms. The first kappa shape index (κ1) is 26.7. The van der Waals surface area contributed by atoms with Crippen LogP contribution in [0.4, 0.5) is 9.18 Å². The average molecular weight is 532 g/mol. The molecule has 5 rings (SSSR count). The highest BCUT2D eigenvalue weighted by Gasteiger charge is 2.63. The van der Waals surface area contributed by atoms with Gasteiger partial charge in [-0.05, 0) is 67.6 Å². The molecule has 9 atom stereocenters. The van der Waals surface area contributed by atoms with Crippen LogP contribution in [0.5, 0.6) is 0 Å². The molecule has 0 aromatic rings. The number of nitrogens with one attached hydrogen (secondary N) is 3. The molecule has 5 aliphatic rings. The molecule has 0 aromatic carbocycles. The van der Waals surface area contributed by atoms with Gasteiger partial charge in [-0.3, -0.25) is 14.4 Å². The maximum Gasteiger partial charge on any atom is 0.408 e. The zero-order chi connectivity index (χ0) is 27.4. The summed E-state index contributed by atoms with van der Waals surface area (Å²) in [5.41, 5.74) is -0.676. The van der Waals surface area contributed by atoms with Gasteiger partial charge in [-0.15, -0.1) is 0 Å². The molecule has 4 amide bonds. The van der Waals surface area contributed by atoms with Crippen molar-refractivity contribution in [2.75, 3.05) is 13.1 Å². The van der Waals surface area contributed by atoms with Gasteiger partial charge in [0.25, 0.3) is 0 Å². The van der Waals surface area contributed by atoms with E-state index in [2.05, 4.69) is 22.0 Å². The fourth-order valence-corrected chi connectivity index (χ4v) is 7.13. The first-order chi connectivity index (χ1) is 18.0. The Bertz CT molecular complexity index is 1040. The zero-order valence-electron chi connectivity index (χ0n) is 22.2. The Morgan fingerprint density at radius 1 is 1.18 bits per heavy atom. The van der Waals surface area contributed by atoms with E-state index in [1.54, 1.807) is 0 Å². The maximum absolute atomic E-state index is 14.9. The van der Waals surface area contributed by atoms with Crippen LogP contribution in [0, 0.1) is 46.3 Å². The number of nitrogens with zero attached hydrogens (tertiary/aromatic N) is 2. The molecular formula is C27H38FN5O5. The fourth-order valence-electron chi connectivity index (χ4n) is 7.13. The van der Waals surface area contributed by atoms with Gasteiger partial charge in [0.15, 0.2) is 0 Å². The molecular weight excluding hydrogens is 493 g/mol. The lowest BCUT2D eigenvalue weighted by Gasteiger charge is -2.37. The molecule has 2 heterocycles. The predicted molar refractivity (Wildman–Crippen MR) is 133 cm³/mol. The van der Waals surface area contributed by atoms with Crippen molar-refractivity contribution >= 4 is 23.8 Å². The van der Waals surface area contributed by atoms with E-state index < -0.39 is 47.6 Å². The van der Waals surface area contributed by atoms with Gasteiger partial charge in [-0.1, -0.05) is 20.8 Å². The Balaban J connectivity index is 1.37. The van der Waals surface area contributed by atoms with E-state index in [-0.39, 0.29) is 48.0 Å². The highest BCUT2D eigenvalue weighted by atomic mass is 19.1. The summed E-state index contributed by atoms with van der Waals surface area (Å²) >= 11 is 0. The van der Waals surface area contributed by atoms with Crippen LogP contribution in [0.25, 0.3) is 0 Å². The zero-order valence-corrected chi connectivity index (χ0v) is 22.2. The number of alkyl halides is 1. The number of hydrogen-bond acceptors (Lipinski definition) is 6. The van der Waals surface area contributed by atoms with Crippen LogP contribution in [0.15, 0.2) is 0 Å². The van der Waals surface area contributed by atoms with Gasteiger partial charge < -0.3 is 25.6 Å². The number of hydrogen-bond donors (Lipinski definition) is 3. The molecule has 3 saturated carbocycles. The number of nitriles is 1. The number of rotatable bonds is 7. The Labute approximate surface area is 222 Å². The number of fused-ring (bicyclic) bond motifs is 5. The summed E-state index contributed by atoms with van der Waals surface area (Å²) in [5.74, 6) is -1.97. The average Bonchev–Trinajstić information content (AvgIpc) is 3.15. The van der Waals surface area contributed by atoms with Gasteiger partial charge in [-0.25, -0.2) is 9.18 Å². The molecule has 3 aliphatic carbocycles. The summed E-state index contributed by atoms with van der Waals surface area (Å²) in [5, 5.41) is 18.0. The van der Waals surface area contributed by atoms with E-state index in [9.17, 15) is 28.8 Å². The lowest BCUT2D eigenvalue weighted by atomic mass is 9.77. The normalized spacial score (nSPS) is 35.2. The lowest BCUT2D eigenvalue weighted by molar-refractivity contribution is -0.143. The van der Waals surface area contributed by atoms with Crippen LogP contribution < -0.4 is 16.0 Å². The van der Waals surface area contributed by atoms with Crippen molar-refractivity contribution in [1.29, 1.82) is 5.26 Å². The number of ether oxygens (including phenoxy) is 1. The number of carbonyl (C=O) groups is 4. The minimum atomic E-state index is -1.02. The van der Waals surface area contributed by atoms with Gasteiger partial charge in [0.05, 0.1) is 6.07 Å². The summed E-state index contributed by atoms with van der Waals surface area (Å²) in [7, 11) is 0. The third kappa shape index (κ3) is 5.06. The second-order valence-electron chi connectivity index (χ2n) is 12.8. The maximum atomic E-state index is 14.9. The SMILES string of the molecule is CC(C)(C)[C@H](NC(=O)OC1CC1)C(=O)N1C[C@@H]2[C@H]3C[C@@H]([C@@H]2[C@H]1C(=O)N[C@H](C#N)C[C@@H]1CCNC1=O)[C@H](F)C3. The highest BCUT2D eigenvalue weighted by Crippen LogP contribution is 2.58. The minimum Gasteiger partial charge on any atom is -0.446 e. The predicted octanol–water partition coefficient (Wildman–Crippen LogP) is 1.65. The number of halogens is 1. The molecule has 0 unspecified atom stereocenters. The topological polar surface area (TPSA) is 141 Å². The van der Waals surface area contributed by atoms with E-state index >= 15 is 0 Å². The Kier molecular flexibility index (Phi) is 7.03. The van der Waals surface area contributed by atoms with Crippen LogP contribution in [-0.2, 0) is 19.1 Å². The van der Waals surface area contributed by atoms with Crippen molar-refractivity contribution in [1.82, 2.24) is 20.9 Å². The van der Waals surface area contributed by atoms with Crippen LogP contribution in [-0.4, -0.2) is 72.2 Å². The summed E-state index contributed by atoms with van der Waals surface area (Å²) in [6.07, 6.45) is 1.70. The highest BCUT2D eigenvalue weighted by molar-refractivity contribution is 5.93. The molecule has 0 aromatic heterocycles. The van der Waals surface area contributed by atoms with Crippen molar-refractivity contribution in [2.24, 2.45) is 35.0 Å². The molecule has 0 spiro atoms. The van der Waals surface area contributed by atoms with E-state index in [4.69, 9.17) is 4.74 Å². The molecule has 5 fully saturated rings. The number of amides is 4. The van der Waals surface area contributed by atoms with Gasteiger partial charge in [0.2, 0.25) is 17.7 Å². The largest absolute Gasteiger partial charge is 0.446 e. The van der Waals surface area contributed by atoms with E-state index in [1.807, 2.05) is 20.8 Å². The number of carbonyl (C=O) groups excluding carboxylic acids is 4. The van der Waals surface area contributed by atoms with E-state index in [0.29, 0.717) is 32.4 Å². The first-order valence-electron chi connectivity index (χ1n) is 13.9. The van der Waals surface area contributed by atoms with Crippen molar-refractivity contribution in [2.45, 2.75) is 89.7 Å². The van der Waals surface area contributed by atoms with Crippen LogP contribution in [0.2, 0.25) is 0 Å². The third-order valence-corrected chi connectivity index (χ3v) is 9.15. The first-order valence-corrected chi connectivity index (χ1v) is 13.9. The fraction of sp³-hybridized carbons (Fsp3) is 0.815. The molecule has 0 radical (unpaired) electrons. The lowest BCUT2D eigenvalue weighted by Crippen LogP contribution is -2.59. The van der Waals surface area contributed by atoms with Crippen LogP contribution in [0.1, 0.15) is 59.3 Å². The van der Waals surface area contributed by atoms with Crippen LogP contribution in [0.3, 0.4) is 0 Å². The molecule has 2 aliphatic heterocycles. The Morgan fingerprint density at radius 2 is 1.92 bits per heavy atom. The summed E-state index contributed by atoms with van der Waals surface area (Å²) in [6, 6.07) is -0.713. The van der Waals surface area contributed by atoms with Crippen molar-refractivity contribution < 1.29 is 28.3 Å². The van der Waals surface area contributed by atoms with Crippen molar-refractivity contribution in [3.05, 3.63) is 0 Å². The molecule has 3 N–H and O–H groups in total. The van der Waals surface area contributed by atoms with E-state index in [0.717, 1.165) is 12.8 Å². The minimum absolute atomic E-state index is 0.00752. The van der Waals surface area contributed by atoms with E-state index in [1.165, 1.54) is 4.90 Å². The Hall–Kier alpha value is -2.90. The quantitative estimate of drug-likeness (QED) is 0.456. The van der Waals surface area contributed by atoms with Gasteiger partial charge in [0.1, 0.15) is 30.4 Å². The number of alkyl carbamates (subject to hydrolysis) is 1. The molecule has 11 heteroatoms. The van der Waals surface area contributed by atoms with Gasteiger partial charge >= 0.3 is 6.09 Å². The second kappa shape index (κ2) is 10.0. The Morgan fingerprint density at radius 3 is 2.53 bits per heavy atom. The summed E-state index contributed by atoms with van der Waals surface area (Å²) in [4.78, 5) is 53.9. The monoisotopic (exact) mass is 531 g/mol. The smallest absolute Gasteiger partial charge is 0.408 e. The second-order valence-corrected chi connectivity index (χ2v) is 12.8. The molecule has 38 heavy (non-hydrogen) atoms.